The van der Waals surface area contributed by atoms with Crippen molar-refractivity contribution in [2.75, 3.05) is 18.0 Å². The second-order valence-electron chi connectivity index (χ2n) is 12.3. The number of nitro benzene ring substituents is 1. The Balaban J connectivity index is 1.74. The van der Waals surface area contributed by atoms with E-state index in [0.717, 1.165) is 4.90 Å². The van der Waals surface area contributed by atoms with Gasteiger partial charge in [-0.15, -0.1) is 0 Å². The van der Waals surface area contributed by atoms with E-state index in [0.29, 0.717) is 24.8 Å². The van der Waals surface area contributed by atoms with Crippen molar-refractivity contribution >= 4 is 53.1 Å². The number of rotatable bonds is 19. The van der Waals surface area contributed by atoms with E-state index in [1.165, 1.54) is 65.6 Å². The molecule has 0 aromatic heterocycles. The van der Waals surface area contributed by atoms with Crippen LogP contribution in [-0.4, -0.2) is 76.7 Å². The molecule has 53 heavy (non-hydrogen) atoms. The Morgan fingerprint density at radius 1 is 0.925 bits per heavy atom. The molecule has 0 bridgehead atoms. The molecule has 0 spiro atoms. The summed E-state index contributed by atoms with van der Waals surface area (Å²) in [5.74, 6) is -3.12. The Labute approximate surface area is 304 Å². The number of nitrogens with one attached hydrogen (secondary N) is 2. The third-order valence-electron chi connectivity index (χ3n) is 8.04. The third kappa shape index (κ3) is 12.5. The SMILES string of the molecule is CC(C)[C@H](NC(=O)CCCCCN1C(=O)C=CC1=O)C(=O)N(c1ccc(COC(=O)Oc2ccc([N+](=O)[O-])cc2)cc1)[C@@H](CCCN)C(=O)NC(N)=O. The van der Waals surface area contributed by atoms with Gasteiger partial charge in [0.25, 0.3) is 29.3 Å². The van der Waals surface area contributed by atoms with Crippen molar-refractivity contribution in [2.24, 2.45) is 17.4 Å². The van der Waals surface area contributed by atoms with E-state index in [-0.39, 0.29) is 67.9 Å². The van der Waals surface area contributed by atoms with Crippen LogP contribution >= 0.6 is 0 Å². The van der Waals surface area contributed by atoms with Crippen molar-refractivity contribution in [1.29, 1.82) is 0 Å². The number of carbonyl (C=O) groups excluding carboxylic acids is 7. The van der Waals surface area contributed by atoms with Gasteiger partial charge in [-0.1, -0.05) is 32.4 Å². The van der Waals surface area contributed by atoms with Gasteiger partial charge in [-0.2, -0.15) is 0 Å². The summed E-state index contributed by atoms with van der Waals surface area (Å²) in [5, 5.41) is 15.6. The van der Waals surface area contributed by atoms with Crippen LogP contribution in [0.15, 0.2) is 60.7 Å². The number of amides is 7. The number of non-ortho nitro benzene ring substituents is 1. The number of benzene rings is 2. The van der Waals surface area contributed by atoms with Crippen molar-refractivity contribution in [3.63, 3.8) is 0 Å². The van der Waals surface area contributed by atoms with Crippen molar-refractivity contribution in [2.45, 2.75) is 71.1 Å². The standard InChI is InChI=1S/C35H43N7O11/c1-22(2)31(38-28(43)8-4-3-5-20-40-29(44)17-18-30(40)45)33(47)41(27(7-6-19-36)32(46)39-34(37)48)24-11-9-23(10-12-24)21-52-35(49)53-26-15-13-25(14-16-26)42(50)51/h9-18,22,27,31H,3-8,19-21,36H2,1-2H3,(H,38,43)(H3,37,39,46,48)/t27-,31-/m0/s1. The summed E-state index contributed by atoms with van der Waals surface area (Å²) in [7, 11) is 0. The lowest BCUT2D eigenvalue weighted by molar-refractivity contribution is -0.384. The molecule has 0 saturated carbocycles. The number of hydrogen-bond acceptors (Lipinski definition) is 12. The van der Waals surface area contributed by atoms with Gasteiger partial charge in [-0.05, 0) is 68.0 Å². The first-order valence-corrected chi connectivity index (χ1v) is 16.9. The van der Waals surface area contributed by atoms with E-state index < -0.39 is 52.8 Å². The number of ether oxygens (including phenoxy) is 2. The van der Waals surface area contributed by atoms with Crippen LogP contribution in [0.1, 0.15) is 57.9 Å². The smallest absolute Gasteiger partial charge is 0.429 e. The minimum absolute atomic E-state index is 0.0281. The van der Waals surface area contributed by atoms with Gasteiger partial charge in [0.2, 0.25) is 5.91 Å². The number of nitrogens with two attached hydrogens (primary N) is 2. The van der Waals surface area contributed by atoms with Crippen LogP contribution in [-0.2, 0) is 35.3 Å². The Morgan fingerprint density at radius 3 is 2.13 bits per heavy atom. The van der Waals surface area contributed by atoms with E-state index in [9.17, 15) is 43.7 Å². The summed E-state index contributed by atoms with van der Waals surface area (Å²) < 4.78 is 10.2. The van der Waals surface area contributed by atoms with Gasteiger partial charge in [-0.25, -0.2) is 9.59 Å². The van der Waals surface area contributed by atoms with Gasteiger partial charge in [0, 0.05) is 42.9 Å². The number of nitro groups is 1. The maximum atomic E-state index is 14.3. The third-order valence-corrected chi connectivity index (χ3v) is 8.04. The predicted octanol–water partition coefficient (Wildman–Crippen LogP) is 2.57. The fourth-order valence-electron chi connectivity index (χ4n) is 5.30. The maximum absolute atomic E-state index is 14.3. The molecule has 0 radical (unpaired) electrons. The molecule has 284 valence electrons. The molecule has 1 aliphatic heterocycles. The topological polar surface area (TPSA) is 264 Å². The number of unbranched alkanes of at least 4 members (excludes halogenated alkanes) is 2. The van der Waals surface area contributed by atoms with E-state index in [4.69, 9.17) is 20.9 Å². The van der Waals surface area contributed by atoms with Crippen LogP contribution in [0, 0.1) is 16.0 Å². The fourth-order valence-corrected chi connectivity index (χ4v) is 5.30. The summed E-state index contributed by atoms with van der Waals surface area (Å²) in [6.07, 6.45) is 3.16. The molecule has 2 aromatic rings. The number of carbonyl (C=O) groups is 7. The van der Waals surface area contributed by atoms with Gasteiger partial charge in [-0.3, -0.25) is 49.2 Å². The van der Waals surface area contributed by atoms with Gasteiger partial charge < -0.3 is 26.3 Å². The lowest BCUT2D eigenvalue weighted by atomic mass is 9.98. The molecule has 0 fully saturated rings. The predicted molar refractivity (Wildman–Crippen MR) is 189 cm³/mol. The molecule has 6 N–H and O–H groups in total. The first kappa shape index (κ1) is 41.3. The van der Waals surface area contributed by atoms with Crippen molar-refractivity contribution in [1.82, 2.24) is 15.5 Å². The Kier molecular flexibility index (Phi) is 15.6. The molecular formula is C35H43N7O11. The van der Waals surface area contributed by atoms with Crippen LogP contribution in [0.5, 0.6) is 5.75 Å². The highest BCUT2D eigenvalue weighted by Gasteiger charge is 2.37. The molecule has 1 heterocycles. The van der Waals surface area contributed by atoms with E-state index in [2.05, 4.69) is 5.32 Å². The Hall–Kier alpha value is -6.17. The van der Waals surface area contributed by atoms with E-state index in [1.54, 1.807) is 13.8 Å². The number of hydrogen-bond donors (Lipinski definition) is 4. The van der Waals surface area contributed by atoms with E-state index in [1.807, 2.05) is 5.32 Å². The molecule has 7 amide bonds. The molecule has 2 atom stereocenters. The van der Waals surface area contributed by atoms with Gasteiger partial charge in [0.15, 0.2) is 0 Å². The summed E-state index contributed by atoms with van der Waals surface area (Å²) in [6.45, 7) is 3.56. The first-order valence-electron chi connectivity index (χ1n) is 16.9. The second-order valence-corrected chi connectivity index (χ2v) is 12.3. The Bertz CT molecular complexity index is 1680. The molecule has 0 unspecified atom stereocenters. The zero-order chi connectivity index (χ0) is 39.1. The lowest BCUT2D eigenvalue weighted by Gasteiger charge is -2.35. The Morgan fingerprint density at radius 2 is 1.57 bits per heavy atom. The molecular weight excluding hydrogens is 694 g/mol. The molecule has 3 rings (SSSR count). The minimum atomic E-state index is -1.26. The highest BCUT2D eigenvalue weighted by molar-refractivity contribution is 6.12. The summed E-state index contributed by atoms with van der Waals surface area (Å²) >= 11 is 0. The first-order chi connectivity index (χ1) is 25.2. The quantitative estimate of drug-likeness (QED) is 0.0405. The van der Waals surface area contributed by atoms with Gasteiger partial charge in [0.1, 0.15) is 24.4 Å². The minimum Gasteiger partial charge on any atom is -0.429 e. The highest BCUT2D eigenvalue weighted by atomic mass is 16.7. The fraction of sp³-hybridized carbons (Fsp3) is 0.400. The number of anilines is 1. The zero-order valence-electron chi connectivity index (χ0n) is 29.4. The molecule has 1 aliphatic rings. The molecule has 18 nitrogen and oxygen atoms in total. The van der Waals surface area contributed by atoms with Crippen LogP contribution in [0.25, 0.3) is 0 Å². The lowest BCUT2D eigenvalue weighted by Crippen LogP contribution is -2.58. The molecule has 18 heteroatoms. The van der Waals surface area contributed by atoms with Crippen molar-refractivity contribution in [3.05, 3.63) is 76.4 Å². The van der Waals surface area contributed by atoms with E-state index >= 15 is 0 Å². The van der Waals surface area contributed by atoms with Crippen LogP contribution in [0.2, 0.25) is 0 Å². The van der Waals surface area contributed by atoms with Crippen molar-refractivity contribution < 1.29 is 48.0 Å². The van der Waals surface area contributed by atoms with Gasteiger partial charge >= 0.3 is 12.2 Å². The molecule has 2 aromatic carbocycles. The zero-order valence-corrected chi connectivity index (χ0v) is 29.4. The summed E-state index contributed by atoms with van der Waals surface area (Å²) in [6, 6.07) is 7.37. The second kappa shape index (κ2) is 20.0. The number of primary amides is 1. The van der Waals surface area contributed by atoms with Crippen molar-refractivity contribution in [3.8, 4) is 5.75 Å². The summed E-state index contributed by atoms with van der Waals surface area (Å²) in [5.41, 5.74) is 11.5. The normalized spacial score (nSPS) is 13.3. The molecule has 0 saturated heterocycles. The van der Waals surface area contributed by atoms with Crippen LogP contribution < -0.4 is 31.7 Å². The average molecular weight is 738 g/mol. The number of imide groups is 2. The van der Waals surface area contributed by atoms with Crippen LogP contribution in [0.3, 0.4) is 0 Å². The monoisotopic (exact) mass is 737 g/mol. The maximum Gasteiger partial charge on any atom is 0.514 e. The summed E-state index contributed by atoms with van der Waals surface area (Å²) in [4.78, 5) is 101. The highest BCUT2D eigenvalue weighted by Crippen LogP contribution is 2.25. The number of urea groups is 1. The average Bonchev–Trinajstić information content (AvgIpc) is 3.43. The largest absolute Gasteiger partial charge is 0.514 e. The number of nitrogens with zero attached hydrogens (tertiary/aromatic N) is 3. The van der Waals surface area contributed by atoms with Gasteiger partial charge in [0.05, 0.1) is 4.92 Å². The molecule has 0 aliphatic carbocycles. The van der Waals surface area contributed by atoms with Crippen LogP contribution in [0.4, 0.5) is 21.0 Å².